The van der Waals surface area contributed by atoms with E-state index in [2.05, 4.69) is 11.1 Å². The molecule has 5 heteroatoms. The van der Waals surface area contributed by atoms with E-state index in [4.69, 9.17) is 0 Å². The Morgan fingerprint density at radius 1 is 0.929 bits per heavy atom. The second-order valence-corrected chi connectivity index (χ2v) is 3.88. The van der Waals surface area contributed by atoms with Gasteiger partial charge in [0.25, 0.3) is 11.0 Å². The summed E-state index contributed by atoms with van der Waals surface area (Å²) < 4.78 is 24.4. The zero-order valence-corrected chi connectivity index (χ0v) is 9.22. The summed E-state index contributed by atoms with van der Waals surface area (Å²) in [5, 5.41) is 0. The SMILES string of the molecule is CCCCCCCCCO[SH](=O)=O.[NaH]. The molecule has 0 aliphatic rings. The molecule has 0 amide bonds. The Hall–Kier alpha value is 0.910. The van der Waals surface area contributed by atoms with E-state index >= 15 is 0 Å². The summed E-state index contributed by atoms with van der Waals surface area (Å²) in [5.41, 5.74) is 0. The van der Waals surface area contributed by atoms with Gasteiger partial charge in [-0.2, -0.15) is 0 Å². The van der Waals surface area contributed by atoms with Crippen LogP contribution in [0, 0.1) is 0 Å². The Kier molecular flexibility index (Phi) is 17.2. The predicted molar refractivity (Wildman–Crippen MR) is 61.4 cm³/mol. The van der Waals surface area contributed by atoms with Crippen molar-refractivity contribution in [3.63, 3.8) is 0 Å². The molecule has 0 bridgehead atoms. The van der Waals surface area contributed by atoms with Crippen molar-refractivity contribution in [2.24, 2.45) is 0 Å². The number of rotatable bonds is 9. The molecule has 3 nitrogen and oxygen atoms in total. The van der Waals surface area contributed by atoms with Gasteiger partial charge in [0.1, 0.15) is 0 Å². The van der Waals surface area contributed by atoms with Gasteiger partial charge < -0.3 is 0 Å². The van der Waals surface area contributed by atoms with Gasteiger partial charge in [-0.05, 0) is 6.42 Å². The third kappa shape index (κ3) is 15.4. The quantitative estimate of drug-likeness (QED) is 0.373. The van der Waals surface area contributed by atoms with Crippen molar-refractivity contribution >= 4 is 40.5 Å². The standard InChI is InChI=1S/C9H20O3S.Na.H/c1-2-3-4-5-6-7-8-9-12-13(10)11;;/h13H,2-9H2,1H3;;. The fraction of sp³-hybridized carbons (Fsp3) is 1.00. The van der Waals surface area contributed by atoms with Crippen LogP contribution in [0.4, 0.5) is 0 Å². The van der Waals surface area contributed by atoms with Crippen LogP contribution in [0.15, 0.2) is 0 Å². The molecule has 0 aromatic heterocycles. The summed E-state index contributed by atoms with van der Waals surface area (Å²) in [6.45, 7) is 2.55. The molecule has 14 heavy (non-hydrogen) atoms. The maximum absolute atomic E-state index is 9.99. The monoisotopic (exact) mass is 232 g/mol. The molecule has 0 radical (unpaired) electrons. The first-order valence-electron chi connectivity index (χ1n) is 5.04. The summed E-state index contributed by atoms with van der Waals surface area (Å²) in [6, 6.07) is 0. The first kappa shape index (κ1) is 17.3. The summed E-state index contributed by atoms with van der Waals surface area (Å²) in [5.74, 6) is 0. The zero-order chi connectivity index (χ0) is 9.94. The number of unbranched alkanes of at least 4 members (excludes halogenated alkanes) is 6. The van der Waals surface area contributed by atoms with E-state index in [9.17, 15) is 8.42 Å². The van der Waals surface area contributed by atoms with Crippen LogP contribution in [0.1, 0.15) is 51.9 Å². The third-order valence-electron chi connectivity index (χ3n) is 1.94. The fourth-order valence-electron chi connectivity index (χ4n) is 1.20. The van der Waals surface area contributed by atoms with Crippen LogP contribution < -0.4 is 0 Å². The van der Waals surface area contributed by atoms with Gasteiger partial charge in [-0.3, -0.25) is 4.18 Å². The second kappa shape index (κ2) is 13.9. The van der Waals surface area contributed by atoms with E-state index in [1.165, 1.54) is 32.1 Å². The van der Waals surface area contributed by atoms with E-state index < -0.39 is 11.0 Å². The molecular weight excluding hydrogens is 211 g/mol. The van der Waals surface area contributed by atoms with Crippen molar-refractivity contribution in [3.05, 3.63) is 0 Å². The first-order chi connectivity index (χ1) is 6.27. The van der Waals surface area contributed by atoms with Crippen molar-refractivity contribution in [1.82, 2.24) is 0 Å². The van der Waals surface area contributed by atoms with Gasteiger partial charge in [-0.15, -0.1) is 0 Å². The van der Waals surface area contributed by atoms with Gasteiger partial charge in [0.2, 0.25) is 0 Å². The van der Waals surface area contributed by atoms with Gasteiger partial charge in [-0.1, -0.05) is 45.4 Å². The molecule has 0 saturated heterocycles. The molecule has 0 aromatic rings. The van der Waals surface area contributed by atoms with Crippen molar-refractivity contribution in [2.75, 3.05) is 6.61 Å². The Morgan fingerprint density at radius 3 is 1.93 bits per heavy atom. The Morgan fingerprint density at radius 2 is 1.43 bits per heavy atom. The van der Waals surface area contributed by atoms with Crippen LogP contribution in [0.2, 0.25) is 0 Å². The Labute approximate surface area is 111 Å². The molecule has 0 aromatic carbocycles. The van der Waals surface area contributed by atoms with E-state index in [1.54, 1.807) is 0 Å². The number of thiol groups is 1. The minimum atomic E-state index is -2.63. The van der Waals surface area contributed by atoms with Crippen LogP contribution in [0.25, 0.3) is 0 Å². The zero-order valence-electron chi connectivity index (χ0n) is 8.33. The number of hydrogen-bond donors (Lipinski definition) is 1. The average Bonchev–Trinajstić information content (AvgIpc) is 2.09. The van der Waals surface area contributed by atoms with Gasteiger partial charge in [0.15, 0.2) is 0 Å². The van der Waals surface area contributed by atoms with E-state index in [-0.39, 0.29) is 29.6 Å². The molecular formula is C9H21NaO3S. The number of hydrogen-bond acceptors (Lipinski definition) is 3. The van der Waals surface area contributed by atoms with Crippen LogP contribution >= 0.6 is 0 Å². The molecule has 0 saturated carbocycles. The third-order valence-corrected chi connectivity index (χ3v) is 2.34. The minimum absolute atomic E-state index is 0. The molecule has 0 spiro atoms. The van der Waals surface area contributed by atoms with Crippen LogP contribution in [0.3, 0.4) is 0 Å². The van der Waals surface area contributed by atoms with E-state index in [0.717, 1.165) is 12.8 Å². The molecule has 0 atom stereocenters. The van der Waals surface area contributed by atoms with Gasteiger partial charge in [0, 0.05) is 0 Å². The van der Waals surface area contributed by atoms with Crippen LogP contribution in [-0.2, 0) is 15.2 Å². The van der Waals surface area contributed by atoms with Crippen LogP contribution in [0.5, 0.6) is 0 Å². The summed E-state index contributed by atoms with van der Waals surface area (Å²) in [4.78, 5) is 0. The van der Waals surface area contributed by atoms with E-state index in [1.807, 2.05) is 0 Å². The normalized spacial score (nSPS) is 10.1. The first-order valence-corrected chi connectivity index (χ1v) is 6.14. The predicted octanol–water partition coefficient (Wildman–Crippen LogP) is 1.63. The van der Waals surface area contributed by atoms with Crippen molar-refractivity contribution in [3.8, 4) is 0 Å². The Balaban J connectivity index is 0. The van der Waals surface area contributed by atoms with Gasteiger partial charge >= 0.3 is 29.6 Å². The van der Waals surface area contributed by atoms with Crippen molar-refractivity contribution < 1.29 is 12.6 Å². The molecule has 0 aliphatic carbocycles. The Bertz CT molecular complexity index is 163. The van der Waals surface area contributed by atoms with Gasteiger partial charge in [-0.25, -0.2) is 8.42 Å². The molecule has 0 N–H and O–H groups in total. The average molecular weight is 232 g/mol. The molecule has 0 aliphatic heterocycles. The van der Waals surface area contributed by atoms with Gasteiger partial charge in [0.05, 0.1) is 6.61 Å². The van der Waals surface area contributed by atoms with Crippen molar-refractivity contribution in [1.29, 1.82) is 0 Å². The second-order valence-electron chi connectivity index (χ2n) is 3.18. The van der Waals surface area contributed by atoms with E-state index in [0.29, 0.717) is 6.61 Å². The molecule has 82 valence electrons. The van der Waals surface area contributed by atoms with Crippen LogP contribution in [-0.4, -0.2) is 44.6 Å². The maximum atomic E-state index is 9.99. The summed E-state index contributed by atoms with van der Waals surface area (Å²) in [6.07, 6.45) is 8.26. The fourth-order valence-corrected chi connectivity index (χ4v) is 1.48. The molecule has 0 unspecified atom stereocenters. The van der Waals surface area contributed by atoms with Crippen molar-refractivity contribution in [2.45, 2.75) is 51.9 Å². The molecule has 0 fully saturated rings. The molecule has 0 heterocycles. The summed E-state index contributed by atoms with van der Waals surface area (Å²) >= 11 is 0. The topological polar surface area (TPSA) is 43.4 Å². The molecule has 0 rings (SSSR count). The summed E-state index contributed by atoms with van der Waals surface area (Å²) in [7, 11) is -2.63.